The van der Waals surface area contributed by atoms with Gasteiger partial charge in [0.15, 0.2) is 0 Å². The van der Waals surface area contributed by atoms with E-state index in [-0.39, 0.29) is 23.7 Å². The van der Waals surface area contributed by atoms with Crippen LogP contribution in [0.4, 0.5) is 15.8 Å². The molecule has 1 unspecified atom stereocenters. The largest absolute Gasteiger partial charge is 0.379 e. The van der Waals surface area contributed by atoms with Gasteiger partial charge in [0.25, 0.3) is 5.91 Å². The molecular weight excluding hydrogens is 471 g/mol. The lowest BCUT2D eigenvalue weighted by Crippen LogP contribution is -2.35. The third-order valence-electron chi connectivity index (χ3n) is 6.70. The van der Waals surface area contributed by atoms with Crippen LogP contribution in [0.15, 0.2) is 71.7 Å². The van der Waals surface area contributed by atoms with Gasteiger partial charge in [-0.2, -0.15) is 0 Å². The topological polar surface area (TPSA) is 83.0 Å². The van der Waals surface area contributed by atoms with E-state index < -0.39 is 5.92 Å². The average Bonchev–Trinajstić information content (AvgIpc) is 3.22. The third kappa shape index (κ3) is 5.93. The third-order valence-corrected chi connectivity index (χ3v) is 6.70. The monoisotopic (exact) mass is 500 g/mol. The Morgan fingerprint density at radius 3 is 2.73 bits per heavy atom. The van der Waals surface area contributed by atoms with E-state index in [0.29, 0.717) is 16.8 Å². The van der Waals surface area contributed by atoms with Crippen molar-refractivity contribution in [3.05, 3.63) is 94.8 Å². The van der Waals surface area contributed by atoms with Gasteiger partial charge in [-0.15, -0.1) is 0 Å². The smallest absolute Gasteiger partial charge is 0.251 e. The number of aliphatic imine (C=N–C) groups is 1. The molecule has 1 fully saturated rings. The summed E-state index contributed by atoms with van der Waals surface area (Å²) in [5.74, 6) is -1.37. The molecule has 190 valence electrons. The first kappa shape index (κ1) is 24.8. The molecule has 2 amide bonds. The molecule has 2 atom stereocenters. The van der Waals surface area contributed by atoms with Gasteiger partial charge in [-0.05, 0) is 66.1 Å². The lowest BCUT2D eigenvalue weighted by atomic mass is 9.99. The molecule has 37 heavy (non-hydrogen) atoms. The standard InChI is InChI=1S/C29H29FN4O3/c1-19(21-5-8-23(30)9-6-21)32-28(35)22-7-10-27-25(16-22)26(29(36)33-27)17-31-24-4-2-3-20(15-24)18-34-11-13-37-14-12-34/h2-10,15-17,19,26H,11-14,18H2,1H3,(H,32,35)(H,33,36)/t19-,26?/m0/s1. The van der Waals surface area contributed by atoms with E-state index >= 15 is 0 Å². The van der Waals surface area contributed by atoms with Crippen molar-refractivity contribution in [2.24, 2.45) is 4.99 Å². The van der Waals surface area contributed by atoms with Gasteiger partial charge in [-0.3, -0.25) is 19.5 Å². The van der Waals surface area contributed by atoms with Crippen molar-refractivity contribution < 1.29 is 18.7 Å². The number of nitrogens with zero attached hydrogens (tertiary/aromatic N) is 2. The van der Waals surface area contributed by atoms with E-state index in [4.69, 9.17) is 4.74 Å². The number of hydrogen-bond donors (Lipinski definition) is 2. The first-order valence-electron chi connectivity index (χ1n) is 12.4. The second-order valence-corrected chi connectivity index (χ2v) is 9.35. The molecule has 3 aromatic carbocycles. The number of carbonyl (C=O) groups excluding carboxylic acids is 2. The van der Waals surface area contributed by atoms with Crippen LogP contribution in [0.25, 0.3) is 0 Å². The highest BCUT2D eigenvalue weighted by molar-refractivity contribution is 6.13. The highest BCUT2D eigenvalue weighted by Crippen LogP contribution is 2.33. The molecule has 2 heterocycles. The van der Waals surface area contributed by atoms with Crippen LogP contribution in [-0.2, 0) is 16.1 Å². The molecule has 1 saturated heterocycles. The zero-order chi connectivity index (χ0) is 25.8. The predicted octanol–water partition coefficient (Wildman–Crippen LogP) is 4.59. The van der Waals surface area contributed by atoms with E-state index in [1.165, 1.54) is 12.1 Å². The van der Waals surface area contributed by atoms with Gasteiger partial charge in [-0.25, -0.2) is 4.39 Å². The summed E-state index contributed by atoms with van der Waals surface area (Å²) in [5, 5.41) is 5.81. The highest BCUT2D eigenvalue weighted by Gasteiger charge is 2.30. The maximum atomic E-state index is 13.2. The van der Waals surface area contributed by atoms with Crippen molar-refractivity contribution in [1.29, 1.82) is 0 Å². The van der Waals surface area contributed by atoms with Crippen molar-refractivity contribution >= 4 is 29.4 Å². The molecule has 0 bridgehead atoms. The molecule has 7 nitrogen and oxygen atoms in total. The van der Waals surface area contributed by atoms with Crippen LogP contribution in [0.3, 0.4) is 0 Å². The summed E-state index contributed by atoms with van der Waals surface area (Å²) in [6, 6.07) is 18.9. The zero-order valence-corrected chi connectivity index (χ0v) is 20.6. The lowest BCUT2D eigenvalue weighted by Gasteiger charge is -2.26. The Bertz CT molecular complexity index is 1320. The van der Waals surface area contributed by atoms with Crippen LogP contribution in [0.1, 0.15) is 45.9 Å². The fraction of sp³-hybridized carbons (Fsp3) is 0.276. The molecule has 8 heteroatoms. The minimum absolute atomic E-state index is 0.180. The quantitative estimate of drug-likeness (QED) is 0.465. The Morgan fingerprint density at radius 2 is 1.95 bits per heavy atom. The van der Waals surface area contributed by atoms with E-state index in [1.54, 1.807) is 36.5 Å². The van der Waals surface area contributed by atoms with Crippen LogP contribution < -0.4 is 10.6 Å². The van der Waals surface area contributed by atoms with Crippen LogP contribution in [0.2, 0.25) is 0 Å². The van der Waals surface area contributed by atoms with E-state index in [2.05, 4.69) is 26.6 Å². The number of fused-ring (bicyclic) bond motifs is 1. The molecule has 0 aromatic heterocycles. The summed E-state index contributed by atoms with van der Waals surface area (Å²) in [6.07, 6.45) is 1.64. The number of hydrogen-bond acceptors (Lipinski definition) is 5. The van der Waals surface area contributed by atoms with Gasteiger partial charge >= 0.3 is 0 Å². The summed E-state index contributed by atoms with van der Waals surface area (Å²) < 4.78 is 18.6. The fourth-order valence-corrected chi connectivity index (χ4v) is 4.60. The lowest BCUT2D eigenvalue weighted by molar-refractivity contribution is -0.115. The molecule has 0 radical (unpaired) electrons. The number of nitrogens with one attached hydrogen (secondary N) is 2. The van der Waals surface area contributed by atoms with Gasteiger partial charge in [0.2, 0.25) is 5.91 Å². The molecule has 0 spiro atoms. The Morgan fingerprint density at radius 1 is 1.16 bits per heavy atom. The first-order chi connectivity index (χ1) is 18.0. The first-order valence-corrected chi connectivity index (χ1v) is 12.4. The summed E-state index contributed by atoms with van der Waals surface area (Å²) in [4.78, 5) is 32.6. The van der Waals surface area contributed by atoms with Gasteiger partial charge < -0.3 is 15.4 Å². The number of halogens is 1. The normalized spacial score (nSPS) is 18.4. The van der Waals surface area contributed by atoms with Crippen molar-refractivity contribution in [2.75, 3.05) is 31.6 Å². The van der Waals surface area contributed by atoms with Crippen molar-refractivity contribution in [1.82, 2.24) is 10.2 Å². The minimum atomic E-state index is -0.597. The summed E-state index contributed by atoms with van der Waals surface area (Å²) in [6.45, 7) is 5.98. The van der Waals surface area contributed by atoms with E-state index in [9.17, 15) is 14.0 Å². The Labute approximate surface area is 215 Å². The average molecular weight is 501 g/mol. The second kappa shape index (κ2) is 11.0. The van der Waals surface area contributed by atoms with Crippen LogP contribution in [0.5, 0.6) is 0 Å². The van der Waals surface area contributed by atoms with Crippen LogP contribution in [0, 0.1) is 5.82 Å². The Balaban J connectivity index is 1.29. The molecule has 2 N–H and O–H groups in total. The van der Waals surface area contributed by atoms with Gasteiger partial charge in [-0.1, -0.05) is 24.3 Å². The fourth-order valence-electron chi connectivity index (χ4n) is 4.60. The Kier molecular flexibility index (Phi) is 7.39. The molecule has 0 aliphatic carbocycles. The number of amides is 2. The second-order valence-electron chi connectivity index (χ2n) is 9.35. The van der Waals surface area contributed by atoms with Crippen molar-refractivity contribution in [3.8, 4) is 0 Å². The SMILES string of the molecule is C[C@H](NC(=O)c1ccc2c(c1)C(C=Nc1cccc(CN3CCOCC3)c1)C(=O)N2)c1ccc(F)cc1. The zero-order valence-electron chi connectivity index (χ0n) is 20.6. The molecular formula is C29H29FN4O3. The Hall–Kier alpha value is -3.88. The molecule has 2 aliphatic rings. The number of benzene rings is 3. The minimum Gasteiger partial charge on any atom is -0.379 e. The van der Waals surface area contributed by atoms with E-state index in [0.717, 1.165) is 49.7 Å². The summed E-state index contributed by atoms with van der Waals surface area (Å²) >= 11 is 0. The van der Waals surface area contributed by atoms with Crippen LogP contribution in [-0.4, -0.2) is 49.2 Å². The maximum absolute atomic E-state index is 13.2. The number of carbonyl (C=O) groups is 2. The number of rotatable bonds is 7. The van der Waals surface area contributed by atoms with Gasteiger partial charge in [0.05, 0.1) is 24.9 Å². The predicted molar refractivity (Wildman–Crippen MR) is 141 cm³/mol. The maximum Gasteiger partial charge on any atom is 0.251 e. The highest BCUT2D eigenvalue weighted by atomic mass is 19.1. The van der Waals surface area contributed by atoms with Gasteiger partial charge in [0.1, 0.15) is 11.7 Å². The van der Waals surface area contributed by atoms with Crippen molar-refractivity contribution in [2.45, 2.75) is 25.4 Å². The van der Waals surface area contributed by atoms with E-state index in [1.807, 2.05) is 25.1 Å². The summed E-state index contributed by atoms with van der Waals surface area (Å²) in [5.41, 5.74) is 4.55. The molecule has 2 aliphatic heterocycles. The molecule has 0 saturated carbocycles. The number of ether oxygens (including phenoxy) is 1. The summed E-state index contributed by atoms with van der Waals surface area (Å²) in [7, 11) is 0. The van der Waals surface area contributed by atoms with Crippen LogP contribution >= 0.6 is 0 Å². The number of morpholine rings is 1. The number of anilines is 1. The molecule has 3 aromatic rings. The van der Waals surface area contributed by atoms with Crippen molar-refractivity contribution in [3.63, 3.8) is 0 Å². The van der Waals surface area contributed by atoms with Gasteiger partial charge in [0, 0.05) is 37.1 Å². The molecule has 5 rings (SSSR count).